The minimum absolute atomic E-state index is 0.0284. The summed E-state index contributed by atoms with van der Waals surface area (Å²) in [5.41, 5.74) is 0.969. The summed E-state index contributed by atoms with van der Waals surface area (Å²) >= 11 is 11.6. The predicted molar refractivity (Wildman–Crippen MR) is 67.7 cm³/mol. The third-order valence-electron chi connectivity index (χ3n) is 2.27. The fraction of sp³-hybridized carbons (Fsp3) is 0.0769. The Balaban J connectivity index is 2.25. The van der Waals surface area contributed by atoms with E-state index in [4.69, 9.17) is 27.9 Å². The first-order valence-electron chi connectivity index (χ1n) is 4.95. The highest BCUT2D eigenvalue weighted by Crippen LogP contribution is 2.28. The molecule has 2 rings (SSSR count). The zero-order chi connectivity index (χ0) is 12.4. The summed E-state index contributed by atoms with van der Waals surface area (Å²) in [6.07, 6.45) is 0. The summed E-state index contributed by atoms with van der Waals surface area (Å²) in [5, 5.41) is 0.649. The van der Waals surface area contributed by atoms with Gasteiger partial charge in [0.2, 0.25) is 0 Å². The summed E-state index contributed by atoms with van der Waals surface area (Å²) < 4.78 is 18.5. The highest BCUT2D eigenvalue weighted by atomic mass is 35.5. The van der Waals surface area contributed by atoms with Crippen LogP contribution in [0.15, 0.2) is 36.4 Å². The number of aryl methyl sites for hydroxylation is 1. The van der Waals surface area contributed by atoms with Crippen molar-refractivity contribution in [2.75, 3.05) is 0 Å². The van der Waals surface area contributed by atoms with Gasteiger partial charge < -0.3 is 4.74 Å². The van der Waals surface area contributed by atoms with E-state index in [1.54, 1.807) is 12.1 Å². The number of halogens is 3. The maximum atomic E-state index is 12.9. The molecule has 1 nitrogen and oxygen atoms in total. The second-order valence-corrected chi connectivity index (χ2v) is 4.40. The monoisotopic (exact) mass is 270 g/mol. The smallest absolute Gasteiger partial charge is 0.142 e. The number of hydrogen-bond acceptors (Lipinski definition) is 1. The Morgan fingerprint density at radius 1 is 0.941 bits per heavy atom. The molecular formula is C13H9Cl2FO. The van der Waals surface area contributed by atoms with Crippen molar-refractivity contribution < 1.29 is 9.13 Å². The van der Waals surface area contributed by atoms with Crippen molar-refractivity contribution in [1.29, 1.82) is 0 Å². The minimum Gasteiger partial charge on any atom is -0.457 e. The third-order valence-corrected chi connectivity index (χ3v) is 2.97. The zero-order valence-electron chi connectivity index (χ0n) is 9.01. The SMILES string of the molecule is Cc1ccc(Oc2ccc(F)c(Cl)c2)cc1Cl. The van der Waals surface area contributed by atoms with Crippen LogP contribution in [0.3, 0.4) is 0 Å². The average Bonchev–Trinajstić information content (AvgIpc) is 2.29. The van der Waals surface area contributed by atoms with E-state index in [9.17, 15) is 4.39 Å². The van der Waals surface area contributed by atoms with Gasteiger partial charge >= 0.3 is 0 Å². The number of rotatable bonds is 2. The second kappa shape index (κ2) is 4.94. The van der Waals surface area contributed by atoms with Crippen LogP contribution < -0.4 is 4.74 Å². The molecule has 0 unspecified atom stereocenters. The molecule has 0 fully saturated rings. The lowest BCUT2D eigenvalue weighted by atomic mass is 10.2. The molecule has 17 heavy (non-hydrogen) atoms. The molecule has 0 saturated heterocycles. The average molecular weight is 271 g/mol. The molecule has 0 atom stereocenters. The predicted octanol–water partition coefficient (Wildman–Crippen LogP) is 5.23. The van der Waals surface area contributed by atoms with Crippen molar-refractivity contribution in [2.45, 2.75) is 6.92 Å². The van der Waals surface area contributed by atoms with Crippen LogP contribution in [0.4, 0.5) is 4.39 Å². The third kappa shape index (κ3) is 2.90. The summed E-state index contributed by atoms with van der Waals surface area (Å²) in [7, 11) is 0. The van der Waals surface area contributed by atoms with Crippen LogP contribution >= 0.6 is 23.2 Å². The molecule has 0 aliphatic rings. The van der Waals surface area contributed by atoms with Gasteiger partial charge in [0.1, 0.15) is 17.3 Å². The van der Waals surface area contributed by atoms with Crippen LogP contribution in [0.5, 0.6) is 11.5 Å². The maximum Gasteiger partial charge on any atom is 0.142 e. The van der Waals surface area contributed by atoms with Gasteiger partial charge in [-0.15, -0.1) is 0 Å². The molecule has 0 aliphatic carbocycles. The standard InChI is InChI=1S/C13H9Cl2FO/c1-8-2-3-9(6-11(8)14)17-10-4-5-13(16)12(15)7-10/h2-7H,1H3. The molecule has 2 aromatic carbocycles. The van der Waals surface area contributed by atoms with E-state index in [0.29, 0.717) is 16.5 Å². The lowest BCUT2D eigenvalue weighted by Gasteiger charge is -2.07. The highest BCUT2D eigenvalue weighted by Gasteiger charge is 2.04. The molecule has 4 heteroatoms. The number of benzene rings is 2. The molecule has 0 saturated carbocycles. The highest BCUT2D eigenvalue weighted by molar-refractivity contribution is 6.31. The van der Waals surface area contributed by atoms with Crippen molar-refractivity contribution in [3.05, 3.63) is 57.8 Å². The van der Waals surface area contributed by atoms with Gasteiger partial charge in [-0.3, -0.25) is 0 Å². The summed E-state index contributed by atoms with van der Waals surface area (Å²) in [6.45, 7) is 1.90. The normalized spacial score (nSPS) is 10.4. The molecule has 0 aliphatic heterocycles. The van der Waals surface area contributed by atoms with Gasteiger partial charge in [-0.25, -0.2) is 4.39 Å². The fourth-order valence-electron chi connectivity index (χ4n) is 1.31. The summed E-state index contributed by atoms with van der Waals surface area (Å²) in [5.74, 6) is 0.584. The van der Waals surface area contributed by atoms with Crippen LogP contribution in [0.25, 0.3) is 0 Å². The molecular weight excluding hydrogens is 262 g/mol. The first-order chi connectivity index (χ1) is 8.06. The Morgan fingerprint density at radius 3 is 2.12 bits per heavy atom. The Kier molecular flexibility index (Phi) is 3.55. The Morgan fingerprint density at radius 2 is 1.53 bits per heavy atom. The van der Waals surface area contributed by atoms with Gasteiger partial charge in [-0.2, -0.15) is 0 Å². The van der Waals surface area contributed by atoms with Gasteiger partial charge in [0.05, 0.1) is 5.02 Å². The van der Waals surface area contributed by atoms with Crippen molar-refractivity contribution >= 4 is 23.2 Å². The molecule has 88 valence electrons. The second-order valence-electron chi connectivity index (χ2n) is 3.59. The van der Waals surface area contributed by atoms with E-state index in [-0.39, 0.29) is 5.02 Å². The first-order valence-corrected chi connectivity index (χ1v) is 5.71. The maximum absolute atomic E-state index is 12.9. The van der Waals surface area contributed by atoms with Crippen LogP contribution in [0.2, 0.25) is 10.0 Å². The quantitative estimate of drug-likeness (QED) is 0.726. The minimum atomic E-state index is -0.471. The van der Waals surface area contributed by atoms with Crippen molar-refractivity contribution in [3.63, 3.8) is 0 Å². The van der Waals surface area contributed by atoms with E-state index in [2.05, 4.69) is 0 Å². The van der Waals surface area contributed by atoms with Gasteiger partial charge in [0.15, 0.2) is 0 Å². The lowest BCUT2D eigenvalue weighted by Crippen LogP contribution is -1.86. The van der Waals surface area contributed by atoms with Gasteiger partial charge in [-0.1, -0.05) is 29.3 Å². The molecule has 0 radical (unpaired) electrons. The summed E-state index contributed by atoms with van der Waals surface area (Å²) in [6, 6.07) is 9.53. The van der Waals surface area contributed by atoms with Crippen LogP contribution in [-0.2, 0) is 0 Å². The van der Waals surface area contributed by atoms with Crippen molar-refractivity contribution in [1.82, 2.24) is 0 Å². The van der Waals surface area contributed by atoms with Gasteiger partial charge in [0.25, 0.3) is 0 Å². The molecule has 0 N–H and O–H groups in total. The Bertz CT molecular complexity index is 506. The topological polar surface area (TPSA) is 9.23 Å². The lowest BCUT2D eigenvalue weighted by molar-refractivity contribution is 0.480. The molecule has 0 spiro atoms. The van der Waals surface area contributed by atoms with Crippen LogP contribution in [-0.4, -0.2) is 0 Å². The molecule has 0 aromatic heterocycles. The van der Waals surface area contributed by atoms with E-state index >= 15 is 0 Å². The first kappa shape index (κ1) is 12.2. The zero-order valence-corrected chi connectivity index (χ0v) is 10.5. The van der Waals surface area contributed by atoms with E-state index in [0.717, 1.165) is 5.56 Å². The largest absolute Gasteiger partial charge is 0.457 e. The molecule has 2 aromatic rings. The molecule has 0 heterocycles. The van der Waals surface area contributed by atoms with E-state index in [1.165, 1.54) is 18.2 Å². The fourth-order valence-corrected chi connectivity index (χ4v) is 1.65. The summed E-state index contributed by atoms with van der Waals surface area (Å²) in [4.78, 5) is 0. The molecule has 0 amide bonds. The van der Waals surface area contributed by atoms with Crippen LogP contribution in [0.1, 0.15) is 5.56 Å². The van der Waals surface area contributed by atoms with Crippen LogP contribution in [0, 0.1) is 12.7 Å². The number of ether oxygens (including phenoxy) is 1. The van der Waals surface area contributed by atoms with Crippen molar-refractivity contribution in [2.24, 2.45) is 0 Å². The van der Waals surface area contributed by atoms with E-state index < -0.39 is 5.82 Å². The van der Waals surface area contributed by atoms with Gasteiger partial charge in [0, 0.05) is 11.1 Å². The molecule has 0 bridgehead atoms. The van der Waals surface area contributed by atoms with Gasteiger partial charge in [-0.05, 0) is 36.8 Å². The van der Waals surface area contributed by atoms with E-state index in [1.807, 2.05) is 13.0 Å². The Labute approximate surface area is 109 Å². The van der Waals surface area contributed by atoms with Crippen molar-refractivity contribution in [3.8, 4) is 11.5 Å². The Hall–Kier alpha value is -1.25. The number of hydrogen-bond donors (Lipinski definition) is 0.